The highest BCUT2D eigenvalue weighted by molar-refractivity contribution is 6.21. The summed E-state index contributed by atoms with van der Waals surface area (Å²) in [5.41, 5.74) is 1.35. The normalized spacial score (nSPS) is 11.5. The lowest BCUT2D eigenvalue weighted by Crippen LogP contribution is -2.12. The van der Waals surface area contributed by atoms with Crippen molar-refractivity contribution in [1.82, 2.24) is 9.97 Å². The molecule has 210 valence electrons. The lowest BCUT2D eigenvalue weighted by atomic mass is 9.91. The maximum atomic E-state index is 10.3. The highest BCUT2D eigenvalue weighted by Gasteiger charge is 2.20. The van der Waals surface area contributed by atoms with E-state index in [0.29, 0.717) is 32.8 Å². The molecule has 0 amide bonds. The minimum atomic E-state index is -0.0372. The van der Waals surface area contributed by atoms with E-state index in [0.717, 1.165) is 0 Å². The molecule has 0 spiro atoms. The summed E-state index contributed by atoms with van der Waals surface area (Å²) in [6.45, 7) is 0. The van der Waals surface area contributed by atoms with E-state index in [1.54, 1.807) is 18.2 Å². The van der Waals surface area contributed by atoms with E-state index in [1.165, 1.54) is 42.9 Å². The molecule has 3 aromatic heterocycles. The van der Waals surface area contributed by atoms with E-state index >= 15 is 0 Å². The number of fused-ring (bicyclic) bond motifs is 6. The molecule has 0 fully saturated rings. The average molecular weight is 599 g/mol. The number of nitriles is 8. The van der Waals surface area contributed by atoms with Gasteiger partial charge in [0.25, 0.3) is 0 Å². The van der Waals surface area contributed by atoms with Gasteiger partial charge in [0, 0.05) is 50.1 Å². The van der Waals surface area contributed by atoms with E-state index in [9.17, 15) is 42.1 Å². The molecule has 0 radical (unpaired) electrons. The molecule has 11 heteroatoms. The number of hydrogen-bond acceptors (Lipinski definition) is 11. The van der Waals surface area contributed by atoms with Crippen molar-refractivity contribution >= 4 is 43.9 Å². The molecule has 0 N–H and O–H groups in total. The van der Waals surface area contributed by atoms with Gasteiger partial charge in [0.1, 0.15) is 17.7 Å². The second-order valence-corrected chi connectivity index (χ2v) is 9.94. The quantitative estimate of drug-likeness (QED) is 0.256. The fourth-order valence-corrected chi connectivity index (χ4v) is 5.52. The van der Waals surface area contributed by atoms with Crippen molar-refractivity contribution in [3.63, 3.8) is 0 Å². The van der Waals surface area contributed by atoms with Crippen LogP contribution in [0, 0.1) is 90.6 Å². The third-order valence-corrected chi connectivity index (χ3v) is 7.52. The fraction of sp³-hybridized carbons (Fsp3) is 0. The third kappa shape index (κ3) is 4.46. The molecule has 0 aliphatic heterocycles. The highest BCUT2D eigenvalue weighted by Crippen LogP contribution is 2.33. The molecular formula is C36H10N10O. The van der Waals surface area contributed by atoms with Crippen molar-refractivity contribution in [3.8, 4) is 48.6 Å². The minimum absolute atomic E-state index is 0.0271. The number of pyridine rings is 2. The Morgan fingerprint density at radius 3 is 1.34 bits per heavy atom. The summed E-state index contributed by atoms with van der Waals surface area (Å²) in [4.78, 5) is 9.23. The summed E-state index contributed by atoms with van der Waals surface area (Å²) < 4.78 is 5.75. The maximum Gasteiger partial charge on any atom is 0.162 e. The van der Waals surface area contributed by atoms with Gasteiger partial charge in [0.2, 0.25) is 0 Å². The predicted molar refractivity (Wildman–Crippen MR) is 163 cm³/mol. The zero-order valence-corrected chi connectivity index (χ0v) is 23.7. The van der Waals surface area contributed by atoms with Gasteiger partial charge < -0.3 is 4.42 Å². The first kappa shape index (κ1) is 28.8. The first-order chi connectivity index (χ1) is 22.9. The fourth-order valence-electron chi connectivity index (χ4n) is 5.52. The van der Waals surface area contributed by atoms with Crippen LogP contribution in [0.25, 0.3) is 43.9 Å². The Morgan fingerprint density at radius 2 is 0.936 bits per heavy atom. The Bertz CT molecular complexity index is 2630. The SMILES string of the molecule is N#C/C(c1c(C#N)cc(C#N)cc1C#N)=c1/cnc2c(c1)c1c/c(=C(\C#N)c3c(C#N)cc(C#N)cc3C#N)cnc1c1occc21. The number of furan rings is 1. The van der Waals surface area contributed by atoms with Crippen LogP contribution in [0.3, 0.4) is 0 Å². The first-order valence-corrected chi connectivity index (χ1v) is 13.4. The van der Waals surface area contributed by atoms with Gasteiger partial charge in [-0.3, -0.25) is 9.97 Å². The van der Waals surface area contributed by atoms with Gasteiger partial charge in [-0.05, 0) is 42.5 Å². The van der Waals surface area contributed by atoms with Gasteiger partial charge in [-0.15, -0.1) is 0 Å². The topological polar surface area (TPSA) is 229 Å². The Labute approximate surface area is 264 Å². The summed E-state index contributed by atoms with van der Waals surface area (Å²) in [5.74, 6) is 0. The van der Waals surface area contributed by atoms with Gasteiger partial charge in [-0.1, -0.05) is 0 Å². The summed E-state index contributed by atoms with van der Waals surface area (Å²) in [6.07, 6.45) is 4.31. The lowest BCUT2D eigenvalue weighted by Gasteiger charge is -2.09. The van der Waals surface area contributed by atoms with Gasteiger partial charge in [0.15, 0.2) is 5.58 Å². The van der Waals surface area contributed by atoms with Crippen molar-refractivity contribution in [1.29, 1.82) is 42.1 Å². The molecule has 6 aromatic rings. The summed E-state index contributed by atoms with van der Waals surface area (Å²) in [6, 6.07) is 26.1. The molecule has 0 aliphatic rings. The monoisotopic (exact) mass is 598 g/mol. The Hall–Kier alpha value is -8.32. The van der Waals surface area contributed by atoms with Gasteiger partial charge in [-0.2, -0.15) is 42.1 Å². The number of nitrogens with zero attached hydrogens (tertiary/aromatic N) is 10. The highest BCUT2D eigenvalue weighted by atomic mass is 16.3. The van der Waals surface area contributed by atoms with Crippen LogP contribution in [0.4, 0.5) is 0 Å². The van der Waals surface area contributed by atoms with Crippen LogP contribution in [0.1, 0.15) is 44.5 Å². The zero-order valence-electron chi connectivity index (χ0n) is 23.7. The molecule has 0 unspecified atom stereocenters. The molecule has 0 saturated heterocycles. The second kappa shape index (κ2) is 11.4. The predicted octanol–water partition coefficient (Wildman–Crippen LogP) is 4.20. The molecule has 0 atom stereocenters. The van der Waals surface area contributed by atoms with E-state index in [2.05, 4.69) is 22.1 Å². The van der Waals surface area contributed by atoms with E-state index < -0.39 is 0 Å². The molecule has 6 rings (SSSR count). The van der Waals surface area contributed by atoms with Crippen LogP contribution in [-0.2, 0) is 0 Å². The van der Waals surface area contributed by atoms with Crippen LogP contribution in [0.2, 0.25) is 0 Å². The van der Waals surface area contributed by atoms with Crippen molar-refractivity contribution in [2.24, 2.45) is 0 Å². The molecule has 0 bridgehead atoms. The molecule has 3 heterocycles. The maximum absolute atomic E-state index is 10.3. The van der Waals surface area contributed by atoms with E-state index in [4.69, 9.17) is 4.42 Å². The van der Waals surface area contributed by atoms with Crippen LogP contribution < -0.4 is 10.4 Å². The van der Waals surface area contributed by atoms with E-state index in [1.807, 2.05) is 36.4 Å². The van der Waals surface area contributed by atoms with Crippen LogP contribution >= 0.6 is 0 Å². The Kier molecular flexibility index (Phi) is 6.98. The second-order valence-electron chi connectivity index (χ2n) is 9.94. The molecule has 0 saturated carbocycles. The molecule has 47 heavy (non-hydrogen) atoms. The van der Waals surface area contributed by atoms with Crippen LogP contribution in [0.15, 0.2) is 65.5 Å². The van der Waals surface area contributed by atoms with Crippen LogP contribution in [-0.4, -0.2) is 9.97 Å². The first-order valence-electron chi connectivity index (χ1n) is 13.4. The number of hydrogen-bond donors (Lipinski definition) is 0. The summed E-state index contributed by atoms with van der Waals surface area (Å²) in [7, 11) is 0. The largest absolute Gasteiger partial charge is 0.462 e. The van der Waals surface area contributed by atoms with Gasteiger partial charge in [0.05, 0.1) is 92.7 Å². The molecule has 3 aromatic carbocycles. The number of benzene rings is 3. The van der Waals surface area contributed by atoms with Crippen molar-refractivity contribution in [2.75, 3.05) is 0 Å². The molecular weight excluding hydrogens is 588 g/mol. The Balaban J connectivity index is 1.79. The smallest absolute Gasteiger partial charge is 0.162 e. The van der Waals surface area contributed by atoms with Crippen molar-refractivity contribution < 1.29 is 4.42 Å². The van der Waals surface area contributed by atoms with Gasteiger partial charge in [-0.25, -0.2) is 0 Å². The zero-order chi connectivity index (χ0) is 33.2. The minimum Gasteiger partial charge on any atom is -0.462 e. The summed E-state index contributed by atoms with van der Waals surface area (Å²) >= 11 is 0. The summed E-state index contributed by atoms with van der Waals surface area (Å²) in [5, 5.41) is 80.8. The van der Waals surface area contributed by atoms with Crippen molar-refractivity contribution in [2.45, 2.75) is 0 Å². The molecule has 0 aliphatic carbocycles. The standard InChI is InChI=1S/C36H10N10O/c37-9-19-3-21(11-39)32(22(4-19)12-40)30(15-43)25-7-28-29-8-26(18-46-35(29)36-27(1-2-47-36)34(28)45-17-25)31(16-44)33-23(13-41)5-20(10-38)6-24(33)14-42/h1-8,17-18H/b30-25-,31-26-. The van der Waals surface area contributed by atoms with Crippen LogP contribution in [0.5, 0.6) is 0 Å². The number of aromatic nitrogens is 2. The van der Waals surface area contributed by atoms with E-state index in [-0.39, 0.29) is 66.1 Å². The Morgan fingerprint density at radius 1 is 0.511 bits per heavy atom. The average Bonchev–Trinajstić information content (AvgIpc) is 3.62. The van der Waals surface area contributed by atoms with Gasteiger partial charge >= 0.3 is 0 Å². The molecule has 11 nitrogen and oxygen atoms in total. The third-order valence-electron chi connectivity index (χ3n) is 7.52. The van der Waals surface area contributed by atoms with Crippen molar-refractivity contribution in [3.05, 3.63) is 116 Å². The lowest BCUT2D eigenvalue weighted by molar-refractivity contribution is 0.618. The number of rotatable bonds is 2.